The Hall–Kier alpha value is -1.15. The Morgan fingerprint density at radius 3 is 2.67 bits per heavy atom. The highest BCUT2D eigenvalue weighted by atomic mass is 16.3. The van der Waals surface area contributed by atoms with E-state index < -0.39 is 5.60 Å². The van der Waals surface area contributed by atoms with Gasteiger partial charge in [-0.3, -0.25) is 4.79 Å². The third kappa shape index (κ3) is 2.10. The van der Waals surface area contributed by atoms with E-state index in [9.17, 15) is 9.90 Å². The van der Waals surface area contributed by atoms with Gasteiger partial charge in [-0.25, -0.2) is 0 Å². The first-order valence-corrected chi connectivity index (χ1v) is 5.38. The molecule has 0 bridgehead atoms. The summed E-state index contributed by atoms with van der Waals surface area (Å²) < 4.78 is 0. The lowest BCUT2D eigenvalue weighted by Crippen LogP contribution is -2.38. The monoisotopic (exact) mass is 204 g/mol. The van der Waals surface area contributed by atoms with Crippen molar-refractivity contribution in [1.82, 2.24) is 0 Å². The highest BCUT2D eigenvalue weighted by Crippen LogP contribution is 2.38. The van der Waals surface area contributed by atoms with Crippen molar-refractivity contribution in [2.75, 3.05) is 0 Å². The minimum Gasteiger partial charge on any atom is -0.390 e. The molecule has 0 aromatic heterocycles. The molecular weight excluding hydrogens is 188 g/mol. The molecule has 1 saturated carbocycles. The summed E-state index contributed by atoms with van der Waals surface area (Å²) in [4.78, 5) is 11.4. The van der Waals surface area contributed by atoms with Crippen LogP contribution in [0.5, 0.6) is 0 Å². The third-order valence-electron chi connectivity index (χ3n) is 3.29. The maximum absolute atomic E-state index is 11.4. The lowest BCUT2D eigenvalue weighted by atomic mass is 9.73. The number of aliphatic hydroxyl groups is 1. The second-order valence-corrected chi connectivity index (χ2v) is 4.56. The molecule has 2 rings (SSSR count). The van der Waals surface area contributed by atoms with Crippen LogP contribution < -0.4 is 0 Å². The van der Waals surface area contributed by atoms with E-state index in [4.69, 9.17) is 0 Å². The number of hydrogen-bond donors (Lipinski definition) is 1. The topological polar surface area (TPSA) is 37.3 Å². The molecule has 1 N–H and O–H groups in total. The molecule has 0 radical (unpaired) electrons. The number of hydrogen-bond acceptors (Lipinski definition) is 2. The minimum absolute atomic E-state index is 0.0417. The van der Waals surface area contributed by atoms with Gasteiger partial charge in [-0.15, -0.1) is 0 Å². The zero-order valence-electron chi connectivity index (χ0n) is 8.94. The number of carbonyl (C=O) groups is 1. The highest BCUT2D eigenvalue weighted by Gasteiger charge is 2.38. The van der Waals surface area contributed by atoms with Crippen LogP contribution in [0.2, 0.25) is 0 Å². The summed E-state index contributed by atoms with van der Waals surface area (Å²) in [6.07, 6.45) is 1.55. The Balaban J connectivity index is 2.29. The van der Waals surface area contributed by atoms with Crippen molar-refractivity contribution in [1.29, 1.82) is 0 Å². The van der Waals surface area contributed by atoms with E-state index in [0.717, 1.165) is 5.56 Å². The molecule has 0 aliphatic heterocycles. The molecule has 1 aromatic rings. The average molecular weight is 204 g/mol. The standard InChI is InChI=1S/C13H16O2/c1-13(15)8-7-11(14)9-12(13)10-5-3-2-4-6-10/h2-6,12,15H,7-9H2,1H3. The van der Waals surface area contributed by atoms with Gasteiger partial charge in [0, 0.05) is 18.8 Å². The Kier molecular flexibility index (Phi) is 2.61. The zero-order chi connectivity index (χ0) is 10.9. The molecule has 0 spiro atoms. The van der Waals surface area contributed by atoms with Crippen molar-refractivity contribution in [3.63, 3.8) is 0 Å². The van der Waals surface area contributed by atoms with E-state index in [2.05, 4.69) is 0 Å². The summed E-state index contributed by atoms with van der Waals surface area (Å²) in [7, 11) is 0. The molecule has 1 aliphatic carbocycles. The Morgan fingerprint density at radius 1 is 1.33 bits per heavy atom. The Bertz CT molecular complexity index is 354. The lowest BCUT2D eigenvalue weighted by Gasteiger charge is -2.36. The van der Waals surface area contributed by atoms with Gasteiger partial charge in [-0.05, 0) is 18.9 Å². The van der Waals surface area contributed by atoms with Gasteiger partial charge < -0.3 is 5.11 Å². The van der Waals surface area contributed by atoms with Crippen LogP contribution in [0.4, 0.5) is 0 Å². The molecule has 1 fully saturated rings. The van der Waals surface area contributed by atoms with Crippen LogP contribution in [0.25, 0.3) is 0 Å². The van der Waals surface area contributed by atoms with E-state index >= 15 is 0 Å². The maximum atomic E-state index is 11.4. The average Bonchev–Trinajstić information content (AvgIpc) is 2.23. The van der Waals surface area contributed by atoms with E-state index in [0.29, 0.717) is 19.3 Å². The number of Topliss-reactive ketones (excluding diaryl/α,β-unsaturated/α-hetero) is 1. The minimum atomic E-state index is -0.741. The van der Waals surface area contributed by atoms with Crippen LogP contribution in [0, 0.1) is 0 Å². The van der Waals surface area contributed by atoms with Gasteiger partial charge in [0.15, 0.2) is 0 Å². The first-order valence-electron chi connectivity index (χ1n) is 5.38. The summed E-state index contributed by atoms with van der Waals surface area (Å²) in [6.45, 7) is 1.83. The second kappa shape index (κ2) is 3.78. The molecule has 0 amide bonds. The molecule has 80 valence electrons. The van der Waals surface area contributed by atoms with Crippen LogP contribution >= 0.6 is 0 Å². The second-order valence-electron chi connectivity index (χ2n) is 4.56. The largest absolute Gasteiger partial charge is 0.390 e. The van der Waals surface area contributed by atoms with Gasteiger partial charge in [0.25, 0.3) is 0 Å². The summed E-state index contributed by atoms with van der Waals surface area (Å²) in [6, 6.07) is 9.81. The van der Waals surface area contributed by atoms with Crippen LogP contribution in [0.15, 0.2) is 30.3 Å². The summed E-state index contributed by atoms with van der Waals surface area (Å²) >= 11 is 0. The smallest absolute Gasteiger partial charge is 0.133 e. The first kappa shape index (κ1) is 10.4. The van der Waals surface area contributed by atoms with Gasteiger partial charge in [-0.2, -0.15) is 0 Å². The van der Waals surface area contributed by atoms with Crippen molar-refractivity contribution >= 4 is 5.78 Å². The molecule has 1 aromatic carbocycles. The van der Waals surface area contributed by atoms with E-state index in [1.54, 1.807) is 0 Å². The summed E-state index contributed by atoms with van der Waals surface area (Å²) in [5.74, 6) is 0.218. The van der Waals surface area contributed by atoms with Crippen LogP contribution in [-0.2, 0) is 4.79 Å². The molecule has 0 saturated heterocycles. The van der Waals surface area contributed by atoms with Crippen molar-refractivity contribution in [2.45, 2.75) is 37.7 Å². The predicted molar refractivity (Wildman–Crippen MR) is 58.7 cm³/mol. The Morgan fingerprint density at radius 2 is 2.00 bits per heavy atom. The number of ketones is 1. The van der Waals surface area contributed by atoms with Gasteiger partial charge in [0.05, 0.1) is 5.60 Å². The zero-order valence-corrected chi connectivity index (χ0v) is 8.94. The molecule has 2 nitrogen and oxygen atoms in total. The molecule has 2 unspecified atom stereocenters. The fourth-order valence-corrected chi connectivity index (χ4v) is 2.28. The van der Waals surface area contributed by atoms with E-state index in [1.165, 1.54) is 0 Å². The van der Waals surface area contributed by atoms with Gasteiger partial charge in [0.1, 0.15) is 5.78 Å². The van der Waals surface area contributed by atoms with E-state index in [-0.39, 0.29) is 11.7 Å². The molecule has 0 heterocycles. The van der Waals surface area contributed by atoms with Gasteiger partial charge in [-0.1, -0.05) is 30.3 Å². The first-order chi connectivity index (χ1) is 7.09. The number of rotatable bonds is 1. The van der Waals surface area contributed by atoms with Crippen molar-refractivity contribution in [3.05, 3.63) is 35.9 Å². The van der Waals surface area contributed by atoms with Gasteiger partial charge in [0.2, 0.25) is 0 Å². The van der Waals surface area contributed by atoms with Gasteiger partial charge >= 0.3 is 0 Å². The summed E-state index contributed by atoms with van der Waals surface area (Å²) in [5.41, 5.74) is 0.325. The summed E-state index contributed by atoms with van der Waals surface area (Å²) in [5, 5.41) is 10.3. The third-order valence-corrected chi connectivity index (χ3v) is 3.29. The van der Waals surface area contributed by atoms with Crippen molar-refractivity contribution < 1.29 is 9.90 Å². The predicted octanol–water partition coefficient (Wildman–Crippen LogP) is 2.27. The fourth-order valence-electron chi connectivity index (χ4n) is 2.28. The quantitative estimate of drug-likeness (QED) is 0.762. The molecule has 1 aliphatic rings. The van der Waals surface area contributed by atoms with E-state index in [1.807, 2.05) is 37.3 Å². The van der Waals surface area contributed by atoms with Crippen molar-refractivity contribution in [3.8, 4) is 0 Å². The van der Waals surface area contributed by atoms with Crippen LogP contribution in [-0.4, -0.2) is 16.5 Å². The fraction of sp³-hybridized carbons (Fsp3) is 0.462. The normalized spacial score (nSPS) is 31.6. The lowest BCUT2D eigenvalue weighted by molar-refractivity contribution is -0.126. The number of carbonyl (C=O) groups excluding carboxylic acids is 1. The van der Waals surface area contributed by atoms with Crippen LogP contribution in [0.3, 0.4) is 0 Å². The molecule has 2 heteroatoms. The maximum Gasteiger partial charge on any atom is 0.133 e. The van der Waals surface area contributed by atoms with Crippen LogP contribution in [0.1, 0.15) is 37.7 Å². The number of benzene rings is 1. The molecule has 2 atom stereocenters. The highest BCUT2D eigenvalue weighted by molar-refractivity contribution is 5.80. The molecule has 15 heavy (non-hydrogen) atoms. The Labute approximate surface area is 89.9 Å². The SMILES string of the molecule is CC1(O)CCC(=O)CC1c1ccccc1. The molecular formula is C13H16O2. The van der Waals surface area contributed by atoms with Crippen molar-refractivity contribution in [2.24, 2.45) is 0 Å².